The maximum atomic E-state index is 9.54. The predicted molar refractivity (Wildman–Crippen MR) is 138 cm³/mol. The van der Waals surface area contributed by atoms with Crippen molar-refractivity contribution < 1.29 is 9.94 Å². The van der Waals surface area contributed by atoms with Gasteiger partial charge in [0.15, 0.2) is 0 Å². The summed E-state index contributed by atoms with van der Waals surface area (Å²) in [7, 11) is 0. The Morgan fingerprint density at radius 2 is 1.60 bits per heavy atom. The van der Waals surface area contributed by atoms with Crippen LogP contribution in [0.1, 0.15) is 40.3 Å². The van der Waals surface area contributed by atoms with Gasteiger partial charge in [0.1, 0.15) is 12.4 Å². The van der Waals surface area contributed by atoms with Crippen LogP contribution in [0.3, 0.4) is 0 Å². The Hall–Kier alpha value is -4.19. The third-order valence-electron chi connectivity index (χ3n) is 6.28. The first-order valence-corrected chi connectivity index (χ1v) is 11.9. The van der Waals surface area contributed by atoms with Crippen molar-refractivity contribution in [3.05, 3.63) is 119 Å². The highest BCUT2D eigenvalue weighted by Crippen LogP contribution is 2.32. The van der Waals surface area contributed by atoms with Crippen LogP contribution in [0, 0.1) is 0 Å². The molecule has 1 aliphatic carbocycles. The zero-order valence-electron chi connectivity index (χ0n) is 19.5. The van der Waals surface area contributed by atoms with Crippen LogP contribution < -0.4 is 10.1 Å². The van der Waals surface area contributed by atoms with Gasteiger partial charge in [0.25, 0.3) is 0 Å². The summed E-state index contributed by atoms with van der Waals surface area (Å²) < 4.78 is 5.88. The summed E-state index contributed by atoms with van der Waals surface area (Å²) in [5.74, 6) is 1.62. The molecule has 0 amide bonds. The molecular weight excluding hydrogens is 436 g/mol. The van der Waals surface area contributed by atoms with E-state index < -0.39 is 0 Å². The number of nitrogens with one attached hydrogen (secondary N) is 1. The summed E-state index contributed by atoms with van der Waals surface area (Å²) in [6, 6.07) is 28.9. The van der Waals surface area contributed by atoms with Crippen molar-refractivity contribution in [1.29, 1.82) is 0 Å². The summed E-state index contributed by atoms with van der Waals surface area (Å²) in [5.41, 5.74) is 6.11. The number of anilines is 1. The average Bonchev–Trinajstić information content (AvgIpc) is 2.92. The smallest absolute Gasteiger partial charge is 0.223 e. The van der Waals surface area contributed by atoms with Gasteiger partial charge >= 0.3 is 0 Å². The number of ether oxygens (including phenoxy) is 1. The lowest BCUT2D eigenvalue weighted by Gasteiger charge is -2.25. The zero-order valence-corrected chi connectivity index (χ0v) is 19.5. The van der Waals surface area contributed by atoms with Gasteiger partial charge in [-0.15, -0.1) is 0 Å². The van der Waals surface area contributed by atoms with Crippen LogP contribution in [0.5, 0.6) is 5.75 Å². The van der Waals surface area contributed by atoms with Crippen LogP contribution in [0.25, 0.3) is 0 Å². The molecule has 0 bridgehead atoms. The van der Waals surface area contributed by atoms with Crippen molar-refractivity contribution in [1.82, 2.24) is 9.97 Å². The molecule has 0 saturated carbocycles. The second-order valence-corrected chi connectivity index (χ2v) is 8.70. The number of nitrogens with zero attached hydrogens (tertiary/aromatic N) is 3. The lowest BCUT2D eigenvalue weighted by molar-refractivity contribution is 0.316. The van der Waals surface area contributed by atoms with E-state index in [2.05, 4.69) is 64.0 Å². The van der Waals surface area contributed by atoms with Gasteiger partial charge < -0.3 is 15.3 Å². The number of hydrogen-bond donors (Lipinski definition) is 2. The molecule has 0 fully saturated rings. The van der Waals surface area contributed by atoms with Crippen LogP contribution in [-0.4, -0.2) is 34.0 Å². The second kappa shape index (κ2) is 10.8. The standard InChI is InChI=1S/C29H28N4O2/c34-33-28-19-24(23-9-5-2-6-10-23)18-27-26(28)20-31-29(32-27)30-15-16-35-25-13-11-22(12-14-25)17-21-7-3-1-4-8-21/h1-14,20,24,34H,15-19H2,(H,30,31,32)/b33-28+. The number of oxime groups is 1. The lowest BCUT2D eigenvalue weighted by Crippen LogP contribution is -2.22. The van der Waals surface area contributed by atoms with Crippen molar-refractivity contribution >= 4 is 11.7 Å². The number of benzene rings is 3. The molecule has 1 atom stereocenters. The van der Waals surface area contributed by atoms with Crippen LogP contribution >= 0.6 is 0 Å². The molecular formula is C29H28N4O2. The van der Waals surface area contributed by atoms with Crippen molar-refractivity contribution in [3.8, 4) is 5.75 Å². The van der Waals surface area contributed by atoms with Gasteiger partial charge in [-0.1, -0.05) is 78.0 Å². The van der Waals surface area contributed by atoms with Gasteiger partial charge in [-0.05, 0) is 47.6 Å². The molecule has 2 N–H and O–H groups in total. The second-order valence-electron chi connectivity index (χ2n) is 8.70. The maximum absolute atomic E-state index is 9.54. The zero-order chi connectivity index (χ0) is 23.9. The first-order chi connectivity index (χ1) is 17.3. The van der Waals surface area contributed by atoms with Gasteiger partial charge in [0, 0.05) is 18.2 Å². The maximum Gasteiger partial charge on any atom is 0.223 e. The number of rotatable bonds is 8. The van der Waals surface area contributed by atoms with Crippen LogP contribution in [-0.2, 0) is 12.8 Å². The topological polar surface area (TPSA) is 79.6 Å². The van der Waals surface area contributed by atoms with E-state index in [1.54, 1.807) is 6.20 Å². The normalized spacial score (nSPS) is 16.0. The molecule has 0 saturated heterocycles. The first kappa shape index (κ1) is 22.6. The molecule has 6 nitrogen and oxygen atoms in total. The van der Waals surface area contributed by atoms with Crippen molar-refractivity contribution in [2.24, 2.45) is 5.16 Å². The Bertz CT molecular complexity index is 1280. The largest absolute Gasteiger partial charge is 0.492 e. The monoisotopic (exact) mass is 464 g/mol. The lowest BCUT2D eigenvalue weighted by atomic mass is 9.82. The fraction of sp³-hybridized carbons (Fsp3) is 0.207. The Morgan fingerprint density at radius 3 is 2.34 bits per heavy atom. The highest BCUT2D eigenvalue weighted by atomic mass is 16.5. The number of fused-ring (bicyclic) bond motifs is 1. The Labute approximate surface area is 205 Å². The number of hydrogen-bond acceptors (Lipinski definition) is 6. The number of aromatic nitrogens is 2. The van der Waals surface area contributed by atoms with E-state index >= 15 is 0 Å². The van der Waals surface area contributed by atoms with Crippen molar-refractivity contribution in [2.45, 2.75) is 25.2 Å². The van der Waals surface area contributed by atoms with E-state index in [1.165, 1.54) is 16.7 Å². The van der Waals surface area contributed by atoms with E-state index in [4.69, 9.17) is 9.72 Å². The molecule has 1 aromatic heterocycles. The average molecular weight is 465 g/mol. The van der Waals surface area contributed by atoms with E-state index in [0.717, 1.165) is 29.8 Å². The predicted octanol–water partition coefficient (Wildman–Crippen LogP) is 5.47. The molecule has 3 aromatic carbocycles. The van der Waals surface area contributed by atoms with Crippen molar-refractivity contribution in [3.63, 3.8) is 0 Å². The molecule has 1 unspecified atom stereocenters. The minimum Gasteiger partial charge on any atom is -0.492 e. The molecule has 0 spiro atoms. The third-order valence-corrected chi connectivity index (χ3v) is 6.28. The molecule has 1 heterocycles. The van der Waals surface area contributed by atoms with Gasteiger partial charge in [-0.3, -0.25) is 0 Å². The van der Waals surface area contributed by atoms with E-state index in [1.807, 2.05) is 36.4 Å². The minimum absolute atomic E-state index is 0.227. The Kier molecular flexibility index (Phi) is 6.99. The molecule has 0 aliphatic heterocycles. The summed E-state index contributed by atoms with van der Waals surface area (Å²) in [6.45, 7) is 1.07. The van der Waals surface area contributed by atoms with Crippen molar-refractivity contribution in [2.75, 3.05) is 18.5 Å². The summed E-state index contributed by atoms with van der Waals surface area (Å²) in [6.07, 6.45) is 4.10. The summed E-state index contributed by atoms with van der Waals surface area (Å²) >= 11 is 0. The minimum atomic E-state index is 0.227. The summed E-state index contributed by atoms with van der Waals surface area (Å²) in [4.78, 5) is 9.13. The molecule has 6 heteroatoms. The molecule has 35 heavy (non-hydrogen) atoms. The SMILES string of the molecule is O/N=C1\CC(c2ccccc2)Cc2nc(NCCOc3ccc(Cc4ccccc4)cc3)ncc21. The molecule has 0 radical (unpaired) electrons. The summed E-state index contributed by atoms with van der Waals surface area (Å²) in [5, 5.41) is 16.3. The molecule has 1 aliphatic rings. The van der Waals surface area contributed by atoms with Gasteiger partial charge in [-0.2, -0.15) is 0 Å². The first-order valence-electron chi connectivity index (χ1n) is 11.9. The van der Waals surface area contributed by atoms with E-state index in [0.29, 0.717) is 31.2 Å². The van der Waals surface area contributed by atoms with Crippen LogP contribution in [0.2, 0.25) is 0 Å². The molecule has 5 rings (SSSR count). The van der Waals surface area contributed by atoms with Gasteiger partial charge in [0.05, 0.1) is 18.0 Å². The fourth-order valence-electron chi connectivity index (χ4n) is 4.47. The van der Waals surface area contributed by atoms with E-state index in [9.17, 15) is 5.21 Å². The Balaban J connectivity index is 1.15. The molecule has 4 aromatic rings. The third kappa shape index (κ3) is 5.66. The van der Waals surface area contributed by atoms with Gasteiger partial charge in [-0.25, -0.2) is 9.97 Å². The van der Waals surface area contributed by atoms with Gasteiger partial charge in [0.2, 0.25) is 5.95 Å². The van der Waals surface area contributed by atoms with Crippen LogP contribution in [0.4, 0.5) is 5.95 Å². The quantitative estimate of drug-likeness (QED) is 0.205. The molecule has 176 valence electrons. The highest BCUT2D eigenvalue weighted by molar-refractivity contribution is 6.02. The Morgan fingerprint density at radius 1 is 0.886 bits per heavy atom. The fourth-order valence-corrected chi connectivity index (χ4v) is 4.47. The van der Waals surface area contributed by atoms with Crippen LogP contribution in [0.15, 0.2) is 96.3 Å². The van der Waals surface area contributed by atoms with E-state index in [-0.39, 0.29) is 5.92 Å². The highest BCUT2D eigenvalue weighted by Gasteiger charge is 2.27.